The van der Waals surface area contributed by atoms with Crippen LogP contribution in [0, 0.1) is 0 Å². The van der Waals surface area contributed by atoms with Crippen LogP contribution in [-0.2, 0) is 0 Å². The monoisotopic (exact) mass is 296 g/mol. The number of hydrogen-bond acceptors (Lipinski definition) is 0. The van der Waals surface area contributed by atoms with Gasteiger partial charge in [0.1, 0.15) is 0 Å². The molecule has 0 amide bonds. The van der Waals surface area contributed by atoms with Gasteiger partial charge in [-0.3, -0.25) is 0 Å². The van der Waals surface area contributed by atoms with Gasteiger partial charge in [-0.25, -0.2) is 0 Å². The van der Waals surface area contributed by atoms with Crippen LogP contribution in [0.25, 0.3) is 0 Å². The van der Waals surface area contributed by atoms with Gasteiger partial charge in [0.15, 0.2) is 0 Å². The summed E-state index contributed by atoms with van der Waals surface area (Å²) in [6.07, 6.45) is 4.00. The Morgan fingerprint density at radius 3 is 2.25 bits per heavy atom. The SMILES string of the molecule is CCCC/C(=C/I)C[Si](C)(C)C. The van der Waals surface area contributed by atoms with E-state index in [1.54, 1.807) is 5.57 Å². The largest absolute Gasteiger partial charge is 0.0693 e. The van der Waals surface area contributed by atoms with Crippen LogP contribution in [-0.4, -0.2) is 8.07 Å². The molecule has 72 valence electrons. The van der Waals surface area contributed by atoms with E-state index in [1.165, 1.54) is 25.3 Å². The van der Waals surface area contributed by atoms with Crippen molar-refractivity contribution in [3.8, 4) is 0 Å². The van der Waals surface area contributed by atoms with Gasteiger partial charge < -0.3 is 0 Å². The second-order valence-electron chi connectivity index (χ2n) is 4.61. The number of unbranched alkanes of at least 4 members (excludes halogenated alkanes) is 1. The maximum absolute atomic E-state index is 2.44. The molecule has 0 aliphatic carbocycles. The second-order valence-corrected chi connectivity index (χ2v) is 10.7. The maximum Gasteiger partial charge on any atom is 0.0483 e. The molecule has 0 aromatic heterocycles. The van der Waals surface area contributed by atoms with Crippen molar-refractivity contribution < 1.29 is 0 Å². The van der Waals surface area contributed by atoms with Crippen molar-refractivity contribution in [3.63, 3.8) is 0 Å². The average Bonchev–Trinajstić information content (AvgIpc) is 1.95. The molecular formula is C10H21ISi. The summed E-state index contributed by atoms with van der Waals surface area (Å²) in [5.41, 5.74) is 1.68. The van der Waals surface area contributed by atoms with Crippen LogP contribution in [0.2, 0.25) is 25.7 Å². The van der Waals surface area contributed by atoms with E-state index in [2.05, 4.69) is 53.2 Å². The number of halogens is 1. The summed E-state index contributed by atoms with van der Waals surface area (Å²) in [7, 11) is -0.864. The Kier molecular flexibility index (Phi) is 6.54. The van der Waals surface area contributed by atoms with Crippen LogP contribution in [0.15, 0.2) is 9.66 Å². The highest BCUT2D eigenvalue weighted by atomic mass is 127. The maximum atomic E-state index is 2.44. The molecule has 0 spiro atoms. The fourth-order valence-corrected chi connectivity index (χ4v) is 3.85. The van der Waals surface area contributed by atoms with Crippen molar-refractivity contribution in [3.05, 3.63) is 9.66 Å². The average molecular weight is 296 g/mol. The van der Waals surface area contributed by atoms with E-state index in [0.717, 1.165) is 0 Å². The Morgan fingerprint density at radius 1 is 1.33 bits per heavy atom. The predicted molar refractivity (Wildman–Crippen MR) is 69.8 cm³/mol. The van der Waals surface area contributed by atoms with E-state index in [1.807, 2.05) is 0 Å². The quantitative estimate of drug-likeness (QED) is 0.503. The normalized spacial score (nSPS) is 13.6. The van der Waals surface area contributed by atoms with E-state index in [9.17, 15) is 0 Å². The number of rotatable bonds is 5. The van der Waals surface area contributed by atoms with Crippen molar-refractivity contribution in [2.45, 2.75) is 51.9 Å². The first-order valence-electron chi connectivity index (χ1n) is 4.77. The summed E-state index contributed by atoms with van der Waals surface area (Å²) in [5.74, 6) is 0. The Hall–Kier alpha value is 0.687. The van der Waals surface area contributed by atoms with Gasteiger partial charge in [0.05, 0.1) is 0 Å². The van der Waals surface area contributed by atoms with E-state index in [0.29, 0.717) is 0 Å². The minimum atomic E-state index is -0.864. The van der Waals surface area contributed by atoms with Crippen LogP contribution in [0.3, 0.4) is 0 Å². The summed E-state index contributed by atoms with van der Waals surface area (Å²) in [6.45, 7) is 9.59. The van der Waals surface area contributed by atoms with Gasteiger partial charge in [-0.2, -0.15) is 0 Å². The fraction of sp³-hybridized carbons (Fsp3) is 0.800. The Morgan fingerprint density at radius 2 is 1.92 bits per heavy atom. The van der Waals surface area contributed by atoms with Gasteiger partial charge in [0.2, 0.25) is 0 Å². The molecule has 0 aromatic carbocycles. The first-order valence-corrected chi connectivity index (χ1v) is 9.73. The Balaban J connectivity index is 3.86. The zero-order valence-electron chi connectivity index (χ0n) is 8.78. The van der Waals surface area contributed by atoms with Crippen molar-refractivity contribution in [1.82, 2.24) is 0 Å². The first kappa shape index (κ1) is 12.7. The topological polar surface area (TPSA) is 0 Å². The minimum Gasteiger partial charge on any atom is -0.0693 e. The van der Waals surface area contributed by atoms with Gasteiger partial charge in [0.25, 0.3) is 0 Å². The molecule has 0 aromatic rings. The van der Waals surface area contributed by atoms with Crippen LogP contribution in [0.4, 0.5) is 0 Å². The first-order chi connectivity index (χ1) is 5.49. The summed E-state index contributed by atoms with van der Waals surface area (Å²) >= 11 is 2.39. The van der Waals surface area contributed by atoms with Gasteiger partial charge in [-0.05, 0) is 23.0 Å². The third-order valence-corrected chi connectivity index (χ3v) is 4.16. The third kappa shape index (κ3) is 7.34. The summed E-state index contributed by atoms with van der Waals surface area (Å²) in [6, 6.07) is 1.38. The highest BCUT2D eigenvalue weighted by Crippen LogP contribution is 2.21. The van der Waals surface area contributed by atoms with Gasteiger partial charge in [-0.15, -0.1) is 0 Å². The molecule has 0 saturated carbocycles. The molecular weight excluding hydrogens is 275 g/mol. The molecule has 0 rings (SSSR count). The highest BCUT2D eigenvalue weighted by molar-refractivity contribution is 14.1. The summed E-state index contributed by atoms with van der Waals surface area (Å²) in [5, 5.41) is 0. The van der Waals surface area contributed by atoms with Crippen LogP contribution < -0.4 is 0 Å². The second kappa shape index (κ2) is 6.19. The number of allylic oxidation sites excluding steroid dienone is 1. The van der Waals surface area contributed by atoms with Gasteiger partial charge in [-0.1, -0.05) is 61.1 Å². The summed E-state index contributed by atoms with van der Waals surface area (Å²) in [4.78, 5) is 0. The van der Waals surface area contributed by atoms with Crippen molar-refractivity contribution in [2.24, 2.45) is 0 Å². The molecule has 12 heavy (non-hydrogen) atoms. The molecule has 0 atom stereocenters. The van der Waals surface area contributed by atoms with Gasteiger partial charge in [0, 0.05) is 8.07 Å². The van der Waals surface area contributed by atoms with E-state index in [4.69, 9.17) is 0 Å². The Bertz CT molecular complexity index is 144. The fourth-order valence-electron chi connectivity index (χ4n) is 1.27. The lowest BCUT2D eigenvalue weighted by molar-refractivity contribution is 0.787. The number of hydrogen-bond donors (Lipinski definition) is 0. The molecule has 0 aliphatic rings. The zero-order chi connectivity index (χ0) is 9.61. The molecule has 2 heteroatoms. The molecule has 0 N–H and O–H groups in total. The highest BCUT2D eigenvalue weighted by Gasteiger charge is 2.14. The lowest BCUT2D eigenvalue weighted by Crippen LogP contribution is -2.19. The predicted octanol–water partition coefficient (Wildman–Crippen LogP) is 4.83. The summed E-state index contributed by atoms with van der Waals surface area (Å²) < 4.78 is 2.30. The van der Waals surface area contributed by atoms with Crippen molar-refractivity contribution >= 4 is 30.7 Å². The van der Waals surface area contributed by atoms with Crippen LogP contribution >= 0.6 is 22.6 Å². The van der Waals surface area contributed by atoms with E-state index >= 15 is 0 Å². The standard InChI is InChI=1S/C10H21ISi/c1-5-6-7-10(8-11)9-12(2,3)4/h8H,5-7,9H2,1-4H3/b10-8-. The molecule has 0 saturated heterocycles. The molecule has 0 aliphatic heterocycles. The molecule has 0 unspecified atom stereocenters. The minimum absolute atomic E-state index is 0.864. The molecule has 0 bridgehead atoms. The lowest BCUT2D eigenvalue weighted by atomic mass is 10.1. The van der Waals surface area contributed by atoms with Crippen molar-refractivity contribution in [2.75, 3.05) is 0 Å². The molecule has 0 heterocycles. The van der Waals surface area contributed by atoms with E-state index < -0.39 is 8.07 Å². The van der Waals surface area contributed by atoms with Crippen molar-refractivity contribution in [1.29, 1.82) is 0 Å². The molecule has 0 nitrogen and oxygen atoms in total. The van der Waals surface area contributed by atoms with E-state index in [-0.39, 0.29) is 0 Å². The molecule has 0 fully saturated rings. The Labute approximate surface area is 92.0 Å². The van der Waals surface area contributed by atoms with Crippen LogP contribution in [0.1, 0.15) is 26.2 Å². The zero-order valence-corrected chi connectivity index (χ0v) is 11.9. The molecule has 0 radical (unpaired) electrons. The third-order valence-electron chi connectivity index (χ3n) is 1.76. The van der Waals surface area contributed by atoms with Gasteiger partial charge >= 0.3 is 0 Å². The smallest absolute Gasteiger partial charge is 0.0483 e. The van der Waals surface area contributed by atoms with Crippen LogP contribution in [0.5, 0.6) is 0 Å². The lowest BCUT2D eigenvalue weighted by Gasteiger charge is -2.17.